The van der Waals surface area contributed by atoms with Crippen LogP contribution in [-0.4, -0.2) is 29.5 Å². The molecule has 3 heteroatoms. The predicted octanol–water partition coefficient (Wildman–Crippen LogP) is 4.04. The molecule has 1 saturated heterocycles. The zero-order valence-corrected chi connectivity index (χ0v) is 13.1. The van der Waals surface area contributed by atoms with Crippen LogP contribution in [0.3, 0.4) is 0 Å². The van der Waals surface area contributed by atoms with Crippen molar-refractivity contribution in [1.82, 2.24) is 9.88 Å². The van der Waals surface area contributed by atoms with Crippen molar-refractivity contribution in [3.05, 3.63) is 35.9 Å². The Kier molecular flexibility index (Phi) is 4.39. The summed E-state index contributed by atoms with van der Waals surface area (Å²) in [7, 11) is 1.96. The summed E-state index contributed by atoms with van der Waals surface area (Å²) in [5, 5.41) is 4.50. The molecule has 1 unspecified atom stereocenters. The number of para-hydroxylation sites is 1. The normalized spacial score (nSPS) is 20.4. The molecule has 0 spiro atoms. The molecule has 0 aliphatic carbocycles. The first-order chi connectivity index (χ1) is 10.3. The Morgan fingerprint density at radius 3 is 2.95 bits per heavy atom. The molecule has 1 N–H and O–H groups in total. The molecule has 0 radical (unpaired) electrons. The fraction of sp³-hybridized carbons (Fsp3) is 0.500. The summed E-state index contributed by atoms with van der Waals surface area (Å²) in [6.45, 7) is 4.56. The minimum Gasteiger partial charge on any atom is -0.373 e. The Morgan fingerprint density at radius 1 is 1.24 bits per heavy atom. The van der Waals surface area contributed by atoms with Crippen LogP contribution in [0.1, 0.15) is 38.2 Å². The number of fused-ring (bicyclic) bond motifs is 1. The largest absolute Gasteiger partial charge is 0.373 e. The van der Waals surface area contributed by atoms with Crippen LogP contribution in [0.15, 0.2) is 30.3 Å². The second kappa shape index (κ2) is 6.44. The van der Waals surface area contributed by atoms with Gasteiger partial charge in [-0.15, -0.1) is 0 Å². The van der Waals surface area contributed by atoms with Crippen LogP contribution in [0.5, 0.6) is 0 Å². The molecule has 1 aromatic heterocycles. The molecule has 21 heavy (non-hydrogen) atoms. The minimum absolute atomic E-state index is 0.670. The highest BCUT2D eigenvalue weighted by molar-refractivity contribution is 5.81. The molecule has 3 rings (SSSR count). The third-order valence-electron chi connectivity index (χ3n) is 4.60. The highest BCUT2D eigenvalue weighted by atomic mass is 15.2. The van der Waals surface area contributed by atoms with Crippen molar-refractivity contribution < 1.29 is 0 Å². The molecule has 1 aliphatic rings. The number of likely N-dealkylation sites (tertiary alicyclic amines) is 1. The molecule has 2 aromatic rings. The van der Waals surface area contributed by atoms with Gasteiger partial charge in [-0.25, -0.2) is 4.98 Å². The fourth-order valence-electron chi connectivity index (χ4n) is 3.28. The second-order valence-corrected chi connectivity index (χ2v) is 6.11. The molecule has 0 bridgehead atoms. The van der Waals surface area contributed by atoms with Crippen LogP contribution in [-0.2, 0) is 6.54 Å². The van der Waals surface area contributed by atoms with E-state index in [4.69, 9.17) is 4.98 Å². The molecule has 2 heterocycles. The lowest BCUT2D eigenvalue weighted by atomic mass is 10.1. The van der Waals surface area contributed by atoms with Crippen molar-refractivity contribution in [1.29, 1.82) is 0 Å². The Bertz CT molecular complexity index is 608. The third kappa shape index (κ3) is 3.18. The maximum atomic E-state index is 4.77. The first kappa shape index (κ1) is 14.3. The molecule has 0 amide bonds. The molecule has 1 aliphatic heterocycles. The van der Waals surface area contributed by atoms with Gasteiger partial charge in [-0.05, 0) is 38.4 Å². The lowest BCUT2D eigenvalue weighted by molar-refractivity contribution is 0.205. The second-order valence-electron chi connectivity index (χ2n) is 6.11. The van der Waals surface area contributed by atoms with Gasteiger partial charge in [-0.1, -0.05) is 31.0 Å². The van der Waals surface area contributed by atoms with Gasteiger partial charge in [0.1, 0.15) is 5.82 Å². The van der Waals surface area contributed by atoms with E-state index in [1.165, 1.54) is 43.2 Å². The highest BCUT2D eigenvalue weighted by Gasteiger charge is 2.18. The summed E-state index contributed by atoms with van der Waals surface area (Å²) >= 11 is 0. The summed E-state index contributed by atoms with van der Waals surface area (Å²) in [6, 6.07) is 11.3. The lowest BCUT2D eigenvalue weighted by Crippen LogP contribution is -2.32. The molecular weight excluding hydrogens is 258 g/mol. The van der Waals surface area contributed by atoms with Gasteiger partial charge in [-0.2, -0.15) is 0 Å². The Balaban J connectivity index is 1.91. The van der Waals surface area contributed by atoms with Gasteiger partial charge < -0.3 is 5.32 Å². The zero-order valence-electron chi connectivity index (χ0n) is 13.1. The molecular formula is C18H25N3. The van der Waals surface area contributed by atoms with E-state index >= 15 is 0 Å². The van der Waals surface area contributed by atoms with Crippen molar-refractivity contribution in [2.24, 2.45) is 0 Å². The Morgan fingerprint density at radius 2 is 2.10 bits per heavy atom. The van der Waals surface area contributed by atoms with E-state index in [0.29, 0.717) is 6.04 Å². The summed E-state index contributed by atoms with van der Waals surface area (Å²) in [5.74, 6) is 1.02. The summed E-state index contributed by atoms with van der Waals surface area (Å²) in [6.07, 6.45) is 5.37. The number of anilines is 1. The number of nitrogens with zero attached hydrogens (tertiary/aromatic N) is 2. The number of aromatic nitrogens is 1. The quantitative estimate of drug-likeness (QED) is 0.921. The maximum Gasteiger partial charge on any atom is 0.130 e. The van der Waals surface area contributed by atoms with Crippen molar-refractivity contribution in [2.45, 2.75) is 45.2 Å². The van der Waals surface area contributed by atoms with Gasteiger partial charge in [0.15, 0.2) is 0 Å². The number of hydrogen-bond acceptors (Lipinski definition) is 3. The molecule has 1 aromatic carbocycles. The van der Waals surface area contributed by atoms with Gasteiger partial charge in [0, 0.05) is 30.6 Å². The number of hydrogen-bond donors (Lipinski definition) is 1. The molecule has 1 fully saturated rings. The number of nitrogens with one attached hydrogen (secondary N) is 1. The van der Waals surface area contributed by atoms with Crippen molar-refractivity contribution in [3.63, 3.8) is 0 Å². The van der Waals surface area contributed by atoms with Crippen molar-refractivity contribution >= 4 is 16.7 Å². The SMILES string of the molecule is CNc1nc2ccccc2cc1CN1CCCCCC1C. The topological polar surface area (TPSA) is 28.2 Å². The van der Waals surface area contributed by atoms with E-state index in [-0.39, 0.29) is 0 Å². The standard InChI is InChI=1S/C18H25N3/c1-14-8-4-3-7-11-21(14)13-16-12-15-9-5-6-10-17(15)20-18(16)19-2/h5-6,9-10,12,14H,3-4,7-8,11,13H2,1-2H3,(H,19,20). The zero-order chi connectivity index (χ0) is 14.7. The van der Waals surface area contributed by atoms with Crippen LogP contribution >= 0.6 is 0 Å². The van der Waals surface area contributed by atoms with Crippen LogP contribution in [0.2, 0.25) is 0 Å². The average Bonchev–Trinajstić information content (AvgIpc) is 2.71. The van der Waals surface area contributed by atoms with E-state index in [9.17, 15) is 0 Å². The van der Waals surface area contributed by atoms with Crippen LogP contribution in [0.25, 0.3) is 10.9 Å². The molecule has 3 nitrogen and oxygen atoms in total. The Hall–Kier alpha value is -1.61. The van der Waals surface area contributed by atoms with Gasteiger partial charge in [0.05, 0.1) is 5.52 Å². The van der Waals surface area contributed by atoms with Gasteiger partial charge in [0.25, 0.3) is 0 Å². The van der Waals surface area contributed by atoms with Crippen LogP contribution < -0.4 is 5.32 Å². The monoisotopic (exact) mass is 283 g/mol. The van der Waals surface area contributed by atoms with Crippen molar-refractivity contribution in [2.75, 3.05) is 18.9 Å². The van der Waals surface area contributed by atoms with Gasteiger partial charge >= 0.3 is 0 Å². The van der Waals surface area contributed by atoms with Crippen molar-refractivity contribution in [3.8, 4) is 0 Å². The fourth-order valence-corrected chi connectivity index (χ4v) is 3.28. The maximum absolute atomic E-state index is 4.77. The molecule has 1 atom stereocenters. The van der Waals surface area contributed by atoms with E-state index in [1.54, 1.807) is 0 Å². The van der Waals surface area contributed by atoms with Crippen LogP contribution in [0.4, 0.5) is 5.82 Å². The first-order valence-electron chi connectivity index (χ1n) is 8.08. The summed E-state index contributed by atoms with van der Waals surface area (Å²) < 4.78 is 0. The van der Waals surface area contributed by atoms with E-state index in [0.717, 1.165) is 17.9 Å². The molecule has 112 valence electrons. The summed E-state index contributed by atoms with van der Waals surface area (Å²) in [5.41, 5.74) is 2.37. The van der Waals surface area contributed by atoms with Gasteiger partial charge in [0.2, 0.25) is 0 Å². The van der Waals surface area contributed by atoms with Crippen LogP contribution in [0, 0.1) is 0 Å². The number of pyridine rings is 1. The van der Waals surface area contributed by atoms with E-state index in [1.807, 2.05) is 13.1 Å². The highest BCUT2D eigenvalue weighted by Crippen LogP contribution is 2.24. The first-order valence-corrected chi connectivity index (χ1v) is 8.08. The average molecular weight is 283 g/mol. The predicted molar refractivity (Wildman–Crippen MR) is 89.6 cm³/mol. The summed E-state index contributed by atoms with van der Waals surface area (Å²) in [4.78, 5) is 7.38. The third-order valence-corrected chi connectivity index (χ3v) is 4.60. The molecule has 0 saturated carbocycles. The lowest BCUT2D eigenvalue weighted by Gasteiger charge is -2.27. The van der Waals surface area contributed by atoms with Gasteiger partial charge in [-0.3, -0.25) is 4.90 Å². The smallest absolute Gasteiger partial charge is 0.130 e. The Labute approximate surface area is 127 Å². The minimum atomic E-state index is 0.670. The number of rotatable bonds is 3. The number of benzene rings is 1. The van der Waals surface area contributed by atoms with E-state index < -0.39 is 0 Å². The van der Waals surface area contributed by atoms with E-state index in [2.05, 4.69) is 41.4 Å².